The quantitative estimate of drug-likeness (QED) is 0.857. The molecule has 2 rings (SSSR count). The average Bonchev–Trinajstić information content (AvgIpc) is 2.81. The normalized spacial score (nSPS) is 17.7. The summed E-state index contributed by atoms with van der Waals surface area (Å²) in [6.07, 6.45) is 1.58. The topological polar surface area (TPSA) is 67.4 Å². The molecular weight excluding hydrogens is 324 g/mol. The van der Waals surface area contributed by atoms with Crippen molar-refractivity contribution in [3.05, 3.63) is 28.2 Å². The molecule has 1 saturated heterocycles. The summed E-state index contributed by atoms with van der Waals surface area (Å²) in [5.74, 6) is 0.711. The van der Waals surface area contributed by atoms with Gasteiger partial charge in [0.1, 0.15) is 5.75 Å². The van der Waals surface area contributed by atoms with Gasteiger partial charge in [0.05, 0.1) is 7.11 Å². The van der Waals surface area contributed by atoms with Crippen molar-refractivity contribution in [2.45, 2.75) is 31.8 Å². The summed E-state index contributed by atoms with van der Waals surface area (Å²) in [6.45, 7) is 0.440. The van der Waals surface area contributed by atoms with Gasteiger partial charge >= 0.3 is 0 Å². The monoisotopic (exact) mass is 340 g/mol. The fourth-order valence-electron chi connectivity index (χ4n) is 2.17. The van der Waals surface area contributed by atoms with Gasteiger partial charge in [0.2, 0.25) is 11.8 Å². The predicted molar refractivity (Wildman–Crippen MR) is 78.3 cm³/mol. The molecule has 0 radical (unpaired) electrons. The van der Waals surface area contributed by atoms with Crippen LogP contribution in [0.25, 0.3) is 0 Å². The van der Waals surface area contributed by atoms with E-state index in [1.165, 1.54) is 0 Å². The summed E-state index contributed by atoms with van der Waals surface area (Å²) in [5, 5.41) is 5.64. The summed E-state index contributed by atoms with van der Waals surface area (Å²) < 4.78 is 6.08. The molecule has 108 valence electrons. The number of amides is 2. The number of benzene rings is 1. The SMILES string of the molecule is COc1cc(Br)cc(CNC(=O)CC2CCC(=O)N2)c1. The van der Waals surface area contributed by atoms with Crippen molar-refractivity contribution >= 4 is 27.7 Å². The third-order valence-electron chi connectivity index (χ3n) is 3.17. The van der Waals surface area contributed by atoms with E-state index in [4.69, 9.17) is 4.74 Å². The van der Waals surface area contributed by atoms with E-state index in [-0.39, 0.29) is 17.9 Å². The van der Waals surface area contributed by atoms with Gasteiger partial charge in [-0.05, 0) is 30.2 Å². The van der Waals surface area contributed by atoms with E-state index >= 15 is 0 Å². The van der Waals surface area contributed by atoms with Gasteiger partial charge in [-0.1, -0.05) is 15.9 Å². The van der Waals surface area contributed by atoms with E-state index in [9.17, 15) is 9.59 Å². The summed E-state index contributed by atoms with van der Waals surface area (Å²) >= 11 is 3.40. The number of methoxy groups -OCH3 is 1. The van der Waals surface area contributed by atoms with Crippen molar-refractivity contribution in [2.24, 2.45) is 0 Å². The number of rotatable bonds is 5. The molecule has 1 aliphatic rings. The third kappa shape index (κ3) is 4.23. The van der Waals surface area contributed by atoms with Gasteiger partial charge in [0, 0.05) is 29.9 Å². The van der Waals surface area contributed by atoms with Gasteiger partial charge in [-0.15, -0.1) is 0 Å². The molecule has 2 amide bonds. The van der Waals surface area contributed by atoms with E-state index in [1.54, 1.807) is 7.11 Å². The van der Waals surface area contributed by atoms with Crippen LogP contribution in [0.2, 0.25) is 0 Å². The highest BCUT2D eigenvalue weighted by atomic mass is 79.9. The lowest BCUT2D eigenvalue weighted by molar-refractivity contribution is -0.121. The van der Waals surface area contributed by atoms with Gasteiger partial charge in [0.25, 0.3) is 0 Å². The molecule has 1 atom stereocenters. The summed E-state index contributed by atoms with van der Waals surface area (Å²) in [4.78, 5) is 22.9. The predicted octanol–water partition coefficient (Wildman–Crippen LogP) is 1.74. The first-order valence-corrected chi connectivity index (χ1v) is 7.25. The number of hydrogen-bond donors (Lipinski definition) is 2. The zero-order valence-corrected chi connectivity index (χ0v) is 12.8. The molecule has 0 saturated carbocycles. The van der Waals surface area contributed by atoms with Crippen LogP contribution in [0.5, 0.6) is 5.75 Å². The van der Waals surface area contributed by atoms with Crippen LogP contribution >= 0.6 is 15.9 Å². The standard InChI is InChI=1S/C14H17BrN2O3/c1-20-12-5-9(4-10(15)6-12)8-16-14(19)7-11-2-3-13(18)17-11/h4-6,11H,2-3,7-8H2,1H3,(H,16,19)(H,17,18). The lowest BCUT2D eigenvalue weighted by atomic mass is 10.1. The summed E-state index contributed by atoms with van der Waals surface area (Å²) in [6, 6.07) is 5.64. The number of carbonyl (C=O) groups excluding carboxylic acids is 2. The lowest BCUT2D eigenvalue weighted by Gasteiger charge is -2.11. The van der Waals surface area contributed by atoms with E-state index in [0.29, 0.717) is 19.4 Å². The molecule has 1 unspecified atom stereocenters. The van der Waals surface area contributed by atoms with Crippen LogP contribution in [0.15, 0.2) is 22.7 Å². The maximum Gasteiger partial charge on any atom is 0.222 e. The first-order chi connectivity index (χ1) is 9.56. The number of ether oxygens (including phenoxy) is 1. The molecule has 1 heterocycles. The van der Waals surface area contributed by atoms with Gasteiger partial charge in [-0.3, -0.25) is 9.59 Å². The Balaban J connectivity index is 1.83. The minimum absolute atomic E-state index is 0.0273. The zero-order valence-electron chi connectivity index (χ0n) is 11.2. The van der Waals surface area contributed by atoms with Crippen molar-refractivity contribution in [1.29, 1.82) is 0 Å². The molecular formula is C14H17BrN2O3. The smallest absolute Gasteiger partial charge is 0.222 e. The minimum atomic E-state index is -0.0591. The largest absolute Gasteiger partial charge is 0.497 e. The van der Waals surface area contributed by atoms with Crippen LogP contribution < -0.4 is 15.4 Å². The summed E-state index contributed by atoms with van der Waals surface area (Å²) in [5.41, 5.74) is 0.958. The Labute approximate surface area is 126 Å². The Morgan fingerprint density at radius 1 is 1.50 bits per heavy atom. The van der Waals surface area contributed by atoms with Crippen molar-refractivity contribution in [1.82, 2.24) is 10.6 Å². The second kappa shape index (κ2) is 6.74. The van der Waals surface area contributed by atoms with Gasteiger partial charge in [-0.2, -0.15) is 0 Å². The van der Waals surface area contributed by atoms with Crippen LogP contribution in [-0.2, 0) is 16.1 Å². The molecule has 0 bridgehead atoms. The molecule has 5 nitrogen and oxygen atoms in total. The van der Waals surface area contributed by atoms with E-state index in [2.05, 4.69) is 26.6 Å². The molecule has 6 heteroatoms. The van der Waals surface area contributed by atoms with Crippen molar-refractivity contribution in [3.63, 3.8) is 0 Å². The van der Waals surface area contributed by atoms with Crippen LogP contribution in [0.3, 0.4) is 0 Å². The van der Waals surface area contributed by atoms with Crippen LogP contribution in [0.1, 0.15) is 24.8 Å². The van der Waals surface area contributed by atoms with Gasteiger partial charge < -0.3 is 15.4 Å². The fraction of sp³-hybridized carbons (Fsp3) is 0.429. The summed E-state index contributed by atoms with van der Waals surface area (Å²) in [7, 11) is 1.60. The Hall–Kier alpha value is -1.56. The first kappa shape index (κ1) is 14.8. The maximum absolute atomic E-state index is 11.8. The molecule has 0 spiro atoms. The number of nitrogens with one attached hydrogen (secondary N) is 2. The van der Waals surface area contributed by atoms with E-state index in [0.717, 1.165) is 22.2 Å². The third-order valence-corrected chi connectivity index (χ3v) is 3.63. The molecule has 1 aromatic rings. The molecule has 2 N–H and O–H groups in total. The van der Waals surface area contributed by atoms with Crippen LogP contribution in [0.4, 0.5) is 0 Å². The molecule has 1 aliphatic heterocycles. The Kier molecular flexibility index (Phi) is 5.00. The van der Waals surface area contributed by atoms with Crippen LogP contribution in [0, 0.1) is 0 Å². The minimum Gasteiger partial charge on any atom is -0.497 e. The van der Waals surface area contributed by atoms with Crippen LogP contribution in [-0.4, -0.2) is 25.0 Å². The maximum atomic E-state index is 11.8. The fourth-order valence-corrected chi connectivity index (χ4v) is 2.69. The van der Waals surface area contributed by atoms with Crippen molar-refractivity contribution in [3.8, 4) is 5.75 Å². The molecule has 20 heavy (non-hydrogen) atoms. The highest BCUT2D eigenvalue weighted by Gasteiger charge is 2.22. The highest BCUT2D eigenvalue weighted by Crippen LogP contribution is 2.21. The second-order valence-electron chi connectivity index (χ2n) is 4.78. The molecule has 1 aromatic carbocycles. The highest BCUT2D eigenvalue weighted by molar-refractivity contribution is 9.10. The van der Waals surface area contributed by atoms with Crippen molar-refractivity contribution in [2.75, 3.05) is 7.11 Å². The van der Waals surface area contributed by atoms with Crippen molar-refractivity contribution < 1.29 is 14.3 Å². The number of carbonyl (C=O) groups is 2. The van der Waals surface area contributed by atoms with Gasteiger partial charge in [-0.25, -0.2) is 0 Å². The Bertz CT molecular complexity index is 519. The zero-order chi connectivity index (χ0) is 14.5. The number of hydrogen-bond acceptors (Lipinski definition) is 3. The second-order valence-corrected chi connectivity index (χ2v) is 5.70. The Morgan fingerprint density at radius 2 is 2.30 bits per heavy atom. The molecule has 0 aromatic heterocycles. The molecule has 0 aliphatic carbocycles. The first-order valence-electron chi connectivity index (χ1n) is 6.46. The molecule has 1 fully saturated rings. The lowest BCUT2D eigenvalue weighted by Crippen LogP contribution is -2.33. The Morgan fingerprint density at radius 3 is 2.95 bits per heavy atom. The average molecular weight is 341 g/mol. The van der Waals surface area contributed by atoms with E-state index in [1.807, 2.05) is 18.2 Å². The van der Waals surface area contributed by atoms with E-state index < -0.39 is 0 Å². The van der Waals surface area contributed by atoms with Gasteiger partial charge in [0.15, 0.2) is 0 Å². The number of halogens is 1.